The Morgan fingerprint density at radius 1 is 1.21 bits per heavy atom. The summed E-state index contributed by atoms with van der Waals surface area (Å²) < 4.78 is 11.1. The number of benzene rings is 1. The number of carbonyl (C=O) groups excluding carboxylic acids is 1. The maximum atomic E-state index is 11.6. The molecule has 132 valence electrons. The van der Waals surface area contributed by atoms with Crippen LogP contribution < -0.4 is 4.74 Å². The Bertz CT molecular complexity index is 527. The molecule has 1 aliphatic rings. The van der Waals surface area contributed by atoms with Crippen LogP contribution in [0.15, 0.2) is 36.4 Å². The minimum absolute atomic E-state index is 0.0560. The molecule has 1 saturated carbocycles. The highest BCUT2D eigenvalue weighted by atomic mass is 16.5. The number of rotatable bonds is 8. The first-order valence-electron chi connectivity index (χ1n) is 8.86. The zero-order chi connectivity index (χ0) is 17.4. The summed E-state index contributed by atoms with van der Waals surface area (Å²) in [5.41, 5.74) is 1.34. The van der Waals surface area contributed by atoms with Gasteiger partial charge in [0.25, 0.3) is 0 Å². The first-order valence-corrected chi connectivity index (χ1v) is 8.86. The van der Waals surface area contributed by atoms with Gasteiger partial charge in [0, 0.05) is 6.61 Å². The molecule has 0 amide bonds. The van der Waals surface area contributed by atoms with Gasteiger partial charge in [-0.1, -0.05) is 32.1 Å². The highest BCUT2D eigenvalue weighted by Gasteiger charge is 2.22. The molecule has 0 saturated heterocycles. The van der Waals surface area contributed by atoms with Gasteiger partial charge < -0.3 is 14.6 Å². The van der Waals surface area contributed by atoms with E-state index in [4.69, 9.17) is 14.6 Å². The van der Waals surface area contributed by atoms with Crippen molar-refractivity contribution >= 4 is 5.97 Å². The number of ether oxygens (including phenoxy) is 2. The first kappa shape index (κ1) is 18.7. The summed E-state index contributed by atoms with van der Waals surface area (Å²) in [6.07, 6.45) is 7.23. The summed E-state index contributed by atoms with van der Waals surface area (Å²) in [5.74, 6) is 0.443. The van der Waals surface area contributed by atoms with Crippen LogP contribution >= 0.6 is 0 Å². The highest BCUT2D eigenvalue weighted by molar-refractivity contribution is 5.89. The summed E-state index contributed by atoms with van der Waals surface area (Å²) in [7, 11) is 0. The molecule has 1 aliphatic carbocycles. The van der Waals surface area contributed by atoms with Crippen molar-refractivity contribution in [3.8, 4) is 5.75 Å². The van der Waals surface area contributed by atoms with Crippen LogP contribution in [0, 0.1) is 0 Å². The van der Waals surface area contributed by atoms with Crippen molar-refractivity contribution in [3.63, 3.8) is 0 Å². The standard InChI is InChI=1S/C20H28O4/c1-3-4-13-23-18-9-5-16(6-10-18)17-7-11-19(12-8-17)24-20(22)15(2)14-21/h7-8,11-12,16,18,21H,2-6,9-10,13-14H2,1H3. The Labute approximate surface area is 144 Å². The smallest absolute Gasteiger partial charge is 0.341 e. The molecule has 0 atom stereocenters. The van der Waals surface area contributed by atoms with E-state index in [1.54, 1.807) is 0 Å². The van der Waals surface area contributed by atoms with Gasteiger partial charge in [0.05, 0.1) is 18.3 Å². The summed E-state index contributed by atoms with van der Waals surface area (Å²) in [4.78, 5) is 11.6. The van der Waals surface area contributed by atoms with Crippen molar-refractivity contribution in [1.29, 1.82) is 0 Å². The molecule has 24 heavy (non-hydrogen) atoms. The van der Waals surface area contributed by atoms with E-state index in [1.807, 2.05) is 24.3 Å². The number of esters is 1. The molecule has 0 radical (unpaired) electrons. The molecule has 4 heteroatoms. The molecule has 0 bridgehead atoms. The third-order valence-corrected chi connectivity index (χ3v) is 4.57. The van der Waals surface area contributed by atoms with E-state index in [9.17, 15) is 4.79 Å². The lowest BCUT2D eigenvalue weighted by Gasteiger charge is -2.29. The Balaban J connectivity index is 1.82. The van der Waals surface area contributed by atoms with E-state index in [2.05, 4.69) is 13.5 Å². The quantitative estimate of drug-likeness (QED) is 0.338. The molecular formula is C20H28O4. The number of unbranched alkanes of at least 4 members (excludes halogenated alkanes) is 1. The monoisotopic (exact) mass is 332 g/mol. The molecule has 0 aromatic heterocycles. The van der Waals surface area contributed by atoms with Gasteiger partial charge >= 0.3 is 5.97 Å². The van der Waals surface area contributed by atoms with Crippen LogP contribution in [-0.4, -0.2) is 30.4 Å². The van der Waals surface area contributed by atoms with Crippen LogP contribution in [0.2, 0.25) is 0 Å². The molecule has 0 aliphatic heterocycles. The van der Waals surface area contributed by atoms with Gasteiger partial charge in [-0.2, -0.15) is 0 Å². The van der Waals surface area contributed by atoms with Crippen LogP contribution in [0.3, 0.4) is 0 Å². The second kappa shape index (κ2) is 9.60. The van der Waals surface area contributed by atoms with Crippen molar-refractivity contribution in [3.05, 3.63) is 42.0 Å². The van der Waals surface area contributed by atoms with E-state index in [0.717, 1.165) is 38.7 Å². The summed E-state index contributed by atoms with van der Waals surface area (Å²) in [6.45, 7) is 6.13. The molecular weight excluding hydrogens is 304 g/mol. The average molecular weight is 332 g/mol. The summed E-state index contributed by atoms with van der Waals surface area (Å²) >= 11 is 0. The van der Waals surface area contributed by atoms with Crippen molar-refractivity contribution < 1.29 is 19.4 Å². The molecule has 1 aromatic rings. The SMILES string of the molecule is C=C(CO)C(=O)Oc1ccc(C2CCC(OCCCC)CC2)cc1. The second-order valence-electron chi connectivity index (χ2n) is 6.42. The molecule has 0 unspecified atom stereocenters. The van der Waals surface area contributed by atoms with Gasteiger partial charge in [0.2, 0.25) is 0 Å². The fraction of sp³-hybridized carbons (Fsp3) is 0.550. The normalized spacial score (nSPS) is 20.6. The predicted octanol–water partition coefficient (Wildman–Crippen LogP) is 3.98. The lowest BCUT2D eigenvalue weighted by Crippen LogP contribution is -2.21. The Morgan fingerprint density at radius 3 is 2.46 bits per heavy atom. The minimum atomic E-state index is -0.588. The van der Waals surface area contributed by atoms with Crippen molar-refractivity contribution in [1.82, 2.24) is 0 Å². The third kappa shape index (κ3) is 5.46. The second-order valence-corrected chi connectivity index (χ2v) is 6.42. The third-order valence-electron chi connectivity index (χ3n) is 4.57. The lowest BCUT2D eigenvalue weighted by atomic mass is 9.83. The molecule has 1 aromatic carbocycles. The van der Waals surface area contributed by atoms with Gasteiger partial charge in [0.1, 0.15) is 5.75 Å². The van der Waals surface area contributed by atoms with Gasteiger partial charge in [-0.05, 0) is 55.7 Å². The number of carbonyl (C=O) groups is 1. The molecule has 4 nitrogen and oxygen atoms in total. The van der Waals surface area contributed by atoms with Gasteiger partial charge in [-0.25, -0.2) is 4.79 Å². The number of aliphatic hydroxyl groups is 1. The van der Waals surface area contributed by atoms with E-state index in [-0.39, 0.29) is 12.2 Å². The molecule has 0 heterocycles. The van der Waals surface area contributed by atoms with Gasteiger partial charge in [-0.3, -0.25) is 0 Å². The van der Waals surface area contributed by atoms with Crippen molar-refractivity contribution in [2.45, 2.75) is 57.5 Å². The van der Waals surface area contributed by atoms with Gasteiger partial charge in [-0.15, -0.1) is 0 Å². The summed E-state index contributed by atoms with van der Waals surface area (Å²) in [6, 6.07) is 7.66. The fourth-order valence-corrected chi connectivity index (χ4v) is 3.01. The molecule has 1 fully saturated rings. The van der Waals surface area contributed by atoms with E-state index >= 15 is 0 Å². The van der Waals surface area contributed by atoms with Crippen LogP contribution in [0.1, 0.15) is 56.9 Å². The largest absolute Gasteiger partial charge is 0.423 e. The Kier molecular flexibility index (Phi) is 7.47. The van der Waals surface area contributed by atoms with Gasteiger partial charge in [0.15, 0.2) is 0 Å². The molecule has 1 N–H and O–H groups in total. The predicted molar refractivity (Wildman–Crippen MR) is 94.2 cm³/mol. The maximum absolute atomic E-state index is 11.6. The van der Waals surface area contributed by atoms with Crippen LogP contribution in [0.25, 0.3) is 0 Å². The number of hydrogen-bond acceptors (Lipinski definition) is 4. The minimum Gasteiger partial charge on any atom is -0.423 e. The molecule has 2 rings (SSSR count). The number of hydrogen-bond donors (Lipinski definition) is 1. The zero-order valence-corrected chi connectivity index (χ0v) is 14.5. The Hall–Kier alpha value is -1.65. The average Bonchev–Trinajstić information content (AvgIpc) is 2.62. The molecule has 0 spiro atoms. The topological polar surface area (TPSA) is 55.8 Å². The zero-order valence-electron chi connectivity index (χ0n) is 14.5. The van der Waals surface area contributed by atoms with Crippen LogP contribution in [-0.2, 0) is 9.53 Å². The lowest BCUT2D eigenvalue weighted by molar-refractivity contribution is -0.130. The van der Waals surface area contributed by atoms with Crippen LogP contribution in [0.5, 0.6) is 5.75 Å². The van der Waals surface area contributed by atoms with Crippen molar-refractivity contribution in [2.75, 3.05) is 13.2 Å². The van der Waals surface area contributed by atoms with E-state index < -0.39 is 5.97 Å². The first-order chi connectivity index (χ1) is 11.6. The fourth-order valence-electron chi connectivity index (χ4n) is 3.01. The Morgan fingerprint density at radius 2 is 1.88 bits per heavy atom. The maximum Gasteiger partial charge on any atom is 0.341 e. The van der Waals surface area contributed by atoms with Crippen molar-refractivity contribution in [2.24, 2.45) is 0 Å². The van der Waals surface area contributed by atoms with E-state index in [0.29, 0.717) is 17.8 Å². The highest BCUT2D eigenvalue weighted by Crippen LogP contribution is 2.34. The van der Waals surface area contributed by atoms with E-state index in [1.165, 1.54) is 12.0 Å². The number of aliphatic hydroxyl groups excluding tert-OH is 1. The summed E-state index contributed by atoms with van der Waals surface area (Å²) in [5, 5.41) is 8.88. The van der Waals surface area contributed by atoms with Crippen LogP contribution in [0.4, 0.5) is 0 Å².